The fraction of sp³-hybridized carbons (Fsp3) is 0.667. The van der Waals surface area contributed by atoms with Crippen LogP contribution in [0.25, 0.3) is 0 Å². The van der Waals surface area contributed by atoms with Crippen LogP contribution in [0.15, 0.2) is 54.6 Å². The molecule has 0 heterocycles. The SMILES string of the molecule is COc1ccc([C@H](N[C@H](C)c2ccccc2)P(=O)(O[C@@H]2C[C@H](C)CC[C@@H]2C(C)C)O[C@@H]2C[C@H](C)CC[C@@H]2C(C)C)cc1. The van der Waals surface area contributed by atoms with Gasteiger partial charge < -0.3 is 13.8 Å². The van der Waals surface area contributed by atoms with E-state index in [1.54, 1.807) is 7.11 Å². The highest BCUT2D eigenvalue weighted by atomic mass is 31.2. The second kappa shape index (κ2) is 14.9. The maximum atomic E-state index is 15.8. The molecule has 2 aromatic carbocycles. The Kier molecular flexibility index (Phi) is 11.8. The Labute approximate surface area is 256 Å². The summed E-state index contributed by atoms with van der Waals surface area (Å²) in [6.45, 7) is 15.8. The third-order valence-corrected chi connectivity index (χ3v) is 12.2. The summed E-state index contributed by atoms with van der Waals surface area (Å²) in [6, 6.07) is 18.2. The molecule has 234 valence electrons. The maximum absolute atomic E-state index is 15.8. The molecule has 0 radical (unpaired) electrons. The summed E-state index contributed by atoms with van der Waals surface area (Å²) in [5, 5.41) is 3.76. The molecular formula is C36H56NO4P. The molecule has 2 aliphatic carbocycles. The van der Waals surface area contributed by atoms with Crippen LogP contribution in [0.5, 0.6) is 5.75 Å². The lowest BCUT2D eigenvalue weighted by Crippen LogP contribution is -2.38. The predicted molar refractivity (Wildman–Crippen MR) is 174 cm³/mol. The van der Waals surface area contributed by atoms with Gasteiger partial charge in [-0.25, -0.2) is 0 Å². The van der Waals surface area contributed by atoms with Gasteiger partial charge in [0.2, 0.25) is 0 Å². The van der Waals surface area contributed by atoms with Crippen molar-refractivity contribution in [3.8, 4) is 5.75 Å². The van der Waals surface area contributed by atoms with Crippen LogP contribution in [0.4, 0.5) is 0 Å². The van der Waals surface area contributed by atoms with E-state index in [1.807, 2.05) is 30.3 Å². The quantitative estimate of drug-likeness (QED) is 0.247. The highest BCUT2D eigenvalue weighted by Gasteiger charge is 2.47. The van der Waals surface area contributed by atoms with Crippen molar-refractivity contribution in [1.29, 1.82) is 0 Å². The third kappa shape index (κ3) is 8.29. The molecule has 0 unspecified atom stereocenters. The summed E-state index contributed by atoms with van der Waals surface area (Å²) in [5.41, 5.74) is 2.04. The molecule has 0 spiro atoms. The minimum Gasteiger partial charge on any atom is -0.497 e. The fourth-order valence-electron chi connectivity index (χ4n) is 7.23. The molecule has 6 heteroatoms. The van der Waals surface area contributed by atoms with Gasteiger partial charge >= 0.3 is 7.60 Å². The molecule has 2 fully saturated rings. The zero-order valence-corrected chi connectivity index (χ0v) is 28.2. The minimum absolute atomic E-state index is 0.0591. The van der Waals surface area contributed by atoms with Gasteiger partial charge in [0.05, 0.1) is 19.3 Å². The molecule has 0 saturated heterocycles. The molecule has 0 bridgehead atoms. The summed E-state index contributed by atoms with van der Waals surface area (Å²) in [6.07, 6.45) is 6.19. The van der Waals surface area contributed by atoms with Crippen molar-refractivity contribution >= 4 is 7.60 Å². The summed E-state index contributed by atoms with van der Waals surface area (Å²) < 4.78 is 35.3. The van der Waals surface area contributed by atoms with Crippen molar-refractivity contribution in [3.05, 3.63) is 65.7 Å². The van der Waals surface area contributed by atoms with Gasteiger partial charge in [0.1, 0.15) is 11.5 Å². The Morgan fingerprint density at radius 1 is 0.714 bits per heavy atom. The smallest absolute Gasteiger partial charge is 0.352 e. The first-order chi connectivity index (χ1) is 20.0. The van der Waals surface area contributed by atoms with Crippen molar-refractivity contribution in [1.82, 2.24) is 5.32 Å². The minimum atomic E-state index is -3.75. The first-order valence-electron chi connectivity index (χ1n) is 16.4. The second-order valence-electron chi connectivity index (χ2n) is 14.0. The van der Waals surface area contributed by atoms with Gasteiger partial charge in [-0.2, -0.15) is 0 Å². The summed E-state index contributed by atoms with van der Waals surface area (Å²) in [4.78, 5) is 0. The molecule has 0 amide bonds. The van der Waals surface area contributed by atoms with Crippen LogP contribution in [-0.4, -0.2) is 19.3 Å². The number of hydrogen-bond acceptors (Lipinski definition) is 5. The Morgan fingerprint density at radius 3 is 1.67 bits per heavy atom. The number of ether oxygens (including phenoxy) is 1. The Morgan fingerprint density at radius 2 is 1.21 bits per heavy atom. The number of nitrogens with one attached hydrogen (secondary N) is 1. The van der Waals surface area contributed by atoms with Crippen LogP contribution in [0, 0.1) is 35.5 Å². The molecule has 2 aromatic rings. The average Bonchev–Trinajstić information content (AvgIpc) is 2.96. The van der Waals surface area contributed by atoms with Gasteiger partial charge in [-0.05, 0) is 91.4 Å². The molecule has 2 aliphatic rings. The van der Waals surface area contributed by atoms with Crippen LogP contribution >= 0.6 is 7.60 Å². The highest BCUT2D eigenvalue weighted by molar-refractivity contribution is 7.54. The average molecular weight is 598 g/mol. The van der Waals surface area contributed by atoms with Crippen LogP contribution in [0.2, 0.25) is 0 Å². The van der Waals surface area contributed by atoms with Crippen LogP contribution in [0.1, 0.15) is 110 Å². The largest absolute Gasteiger partial charge is 0.497 e. The molecule has 1 N–H and O–H groups in total. The van der Waals surface area contributed by atoms with Crippen LogP contribution in [0.3, 0.4) is 0 Å². The van der Waals surface area contributed by atoms with Gasteiger partial charge in [0.25, 0.3) is 0 Å². The van der Waals surface area contributed by atoms with E-state index in [0.717, 1.165) is 42.6 Å². The molecule has 42 heavy (non-hydrogen) atoms. The van der Waals surface area contributed by atoms with E-state index in [2.05, 4.69) is 78.0 Å². The summed E-state index contributed by atoms with van der Waals surface area (Å²) in [7, 11) is -2.07. The van der Waals surface area contributed by atoms with Gasteiger partial charge in [0.15, 0.2) is 0 Å². The predicted octanol–water partition coefficient (Wildman–Crippen LogP) is 10.2. The van der Waals surface area contributed by atoms with E-state index in [-0.39, 0.29) is 18.2 Å². The summed E-state index contributed by atoms with van der Waals surface area (Å²) >= 11 is 0. The van der Waals surface area contributed by atoms with Crippen molar-refractivity contribution in [2.75, 3.05) is 7.11 Å². The van der Waals surface area contributed by atoms with Crippen molar-refractivity contribution < 1.29 is 18.3 Å². The van der Waals surface area contributed by atoms with E-state index in [9.17, 15) is 0 Å². The maximum Gasteiger partial charge on any atom is 0.352 e. The molecule has 0 aromatic heterocycles. The van der Waals surface area contributed by atoms with E-state index in [0.29, 0.717) is 35.5 Å². The number of benzene rings is 2. The number of hydrogen-bond donors (Lipinski definition) is 1. The molecule has 2 saturated carbocycles. The monoisotopic (exact) mass is 597 g/mol. The lowest BCUT2D eigenvalue weighted by Gasteiger charge is -2.44. The van der Waals surface area contributed by atoms with E-state index in [4.69, 9.17) is 13.8 Å². The lowest BCUT2D eigenvalue weighted by molar-refractivity contribution is -0.00718. The molecule has 4 rings (SSSR count). The van der Waals surface area contributed by atoms with Crippen molar-refractivity contribution in [2.24, 2.45) is 35.5 Å². The fourth-order valence-corrected chi connectivity index (χ4v) is 9.70. The Bertz CT molecular complexity index is 1100. The Balaban J connectivity index is 1.79. The highest BCUT2D eigenvalue weighted by Crippen LogP contribution is 2.65. The number of rotatable bonds is 12. The first kappa shape index (κ1) is 33.2. The standard InChI is InChI=1S/C36H56NO4P/c1-24(2)32-20-14-26(5)22-34(32)40-42(38,41-35-23-27(6)15-21-33(35)25(3)4)36(30-16-18-31(39-8)19-17-30)37-28(7)29-12-10-9-11-13-29/h9-13,16-19,24-28,32-37H,14-15,20-23H2,1-8H3/t26-,27-,28-,32-,33-,34-,35-,36-/m1/s1. The van der Waals surface area contributed by atoms with E-state index < -0.39 is 13.4 Å². The Hall–Kier alpha value is -1.65. The molecular weight excluding hydrogens is 541 g/mol. The normalized spacial score (nSPS) is 28.5. The zero-order valence-electron chi connectivity index (χ0n) is 27.3. The zero-order chi connectivity index (χ0) is 30.4. The molecule has 8 atom stereocenters. The van der Waals surface area contributed by atoms with Crippen molar-refractivity contribution in [2.45, 2.75) is 111 Å². The molecule has 0 aliphatic heterocycles. The van der Waals surface area contributed by atoms with Gasteiger partial charge in [0, 0.05) is 6.04 Å². The van der Waals surface area contributed by atoms with Crippen LogP contribution < -0.4 is 10.1 Å². The van der Waals surface area contributed by atoms with E-state index in [1.165, 1.54) is 12.8 Å². The topological polar surface area (TPSA) is 56.8 Å². The van der Waals surface area contributed by atoms with Gasteiger partial charge in [-0.3, -0.25) is 9.88 Å². The first-order valence-corrected chi connectivity index (χ1v) is 18.0. The second-order valence-corrected chi connectivity index (χ2v) is 16.0. The van der Waals surface area contributed by atoms with Crippen LogP contribution in [-0.2, 0) is 13.6 Å². The number of methoxy groups -OCH3 is 1. The van der Waals surface area contributed by atoms with Gasteiger partial charge in [-0.1, -0.05) is 96.8 Å². The van der Waals surface area contributed by atoms with Crippen molar-refractivity contribution in [3.63, 3.8) is 0 Å². The third-order valence-electron chi connectivity index (χ3n) is 9.94. The lowest BCUT2D eigenvalue weighted by atomic mass is 9.75. The summed E-state index contributed by atoms with van der Waals surface area (Å²) in [5.74, 6) is 2.83. The molecule has 5 nitrogen and oxygen atoms in total. The van der Waals surface area contributed by atoms with Gasteiger partial charge in [-0.15, -0.1) is 0 Å². The van der Waals surface area contributed by atoms with E-state index >= 15 is 4.57 Å².